The van der Waals surface area contributed by atoms with E-state index in [0.29, 0.717) is 49.6 Å². The quantitative estimate of drug-likeness (QED) is 0.658. The molecule has 1 aliphatic rings. The first-order chi connectivity index (χ1) is 15.1. The highest BCUT2D eigenvalue weighted by Gasteiger charge is 2.29. The lowest BCUT2D eigenvalue weighted by Gasteiger charge is -2.33. The fourth-order valence-electron chi connectivity index (χ4n) is 4.27. The maximum atomic E-state index is 12.9. The van der Waals surface area contributed by atoms with Crippen LogP contribution in [-0.4, -0.2) is 71.7 Å². The van der Waals surface area contributed by atoms with Crippen LogP contribution >= 0.6 is 11.6 Å². The van der Waals surface area contributed by atoms with E-state index in [-0.39, 0.29) is 23.1 Å². The molecule has 8 heteroatoms. The summed E-state index contributed by atoms with van der Waals surface area (Å²) in [5, 5.41) is 8.12. The summed E-state index contributed by atoms with van der Waals surface area (Å²) in [7, 11) is 4.08. The molecule has 0 unspecified atom stereocenters. The van der Waals surface area contributed by atoms with Crippen LogP contribution in [0, 0.1) is 11.3 Å². The first-order valence-corrected chi connectivity index (χ1v) is 11.5. The van der Waals surface area contributed by atoms with Gasteiger partial charge in [0.1, 0.15) is 0 Å². The molecule has 1 saturated heterocycles. The van der Waals surface area contributed by atoms with Gasteiger partial charge in [0, 0.05) is 43.3 Å². The van der Waals surface area contributed by atoms with E-state index in [1.807, 2.05) is 43.3 Å². The van der Waals surface area contributed by atoms with E-state index in [1.165, 1.54) is 0 Å². The van der Waals surface area contributed by atoms with Crippen LogP contribution < -0.4 is 5.32 Å². The van der Waals surface area contributed by atoms with Gasteiger partial charge in [-0.2, -0.15) is 5.10 Å². The average molecular weight is 460 g/mol. The van der Waals surface area contributed by atoms with Crippen molar-refractivity contribution in [1.29, 1.82) is 0 Å². The second-order valence-electron chi connectivity index (χ2n) is 9.70. The third-order valence-electron chi connectivity index (χ3n) is 5.81. The monoisotopic (exact) mass is 459 g/mol. The molecule has 0 aliphatic carbocycles. The molecule has 0 atom stereocenters. The second kappa shape index (κ2) is 10.5. The van der Waals surface area contributed by atoms with Gasteiger partial charge in [-0.1, -0.05) is 43.6 Å². The number of aromatic nitrogens is 2. The van der Waals surface area contributed by atoms with Gasteiger partial charge in [-0.05, 0) is 44.0 Å². The van der Waals surface area contributed by atoms with E-state index in [2.05, 4.69) is 29.2 Å². The Hall–Kier alpha value is -2.38. The van der Waals surface area contributed by atoms with E-state index in [1.54, 1.807) is 17.1 Å². The van der Waals surface area contributed by atoms with Gasteiger partial charge in [-0.15, -0.1) is 0 Å². The van der Waals surface area contributed by atoms with Crippen molar-refractivity contribution in [3.05, 3.63) is 52.8 Å². The van der Waals surface area contributed by atoms with Gasteiger partial charge < -0.3 is 15.1 Å². The highest BCUT2D eigenvalue weighted by molar-refractivity contribution is 6.31. The third-order valence-corrected chi connectivity index (χ3v) is 6.18. The first kappa shape index (κ1) is 24.3. The molecule has 1 fully saturated rings. The minimum Gasteiger partial charge on any atom is -0.355 e. The van der Waals surface area contributed by atoms with E-state index in [4.69, 9.17) is 11.6 Å². The molecular formula is C24H34ClN5O2. The Balaban J connectivity index is 1.49. The highest BCUT2D eigenvalue weighted by atomic mass is 35.5. The predicted molar refractivity (Wildman–Crippen MR) is 127 cm³/mol. The molecule has 7 nitrogen and oxygen atoms in total. The zero-order valence-corrected chi connectivity index (χ0v) is 20.2. The maximum absolute atomic E-state index is 12.9. The zero-order valence-electron chi connectivity index (χ0n) is 19.5. The number of carbonyl (C=O) groups is 2. The Morgan fingerprint density at radius 1 is 1.22 bits per heavy atom. The first-order valence-electron chi connectivity index (χ1n) is 11.1. The summed E-state index contributed by atoms with van der Waals surface area (Å²) in [5.41, 5.74) is 1.53. The molecule has 2 amide bonds. The summed E-state index contributed by atoms with van der Waals surface area (Å²) >= 11 is 6.22. The maximum Gasteiger partial charge on any atom is 0.257 e. The highest BCUT2D eigenvalue weighted by Crippen LogP contribution is 2.21. The summed E-state index contributed by atoms with van der Waals surface area (Å²) in [5.74, 6) is 0.00928. The van der Waals surface area contributed by atoms with Crippen LogP contribution in [0.1, 0.15) is 42.6 Å². The second-order valence-corrected chi connectivity index (χ2v) is 10.1. The Morgan fingerprint density at radius 2 is 1.91 bits per heavy atom. The number of rotatable bonds is 8. The molecular weight excluding hydrogens is 426 g/mol. The van der Waals surface area contributed by atoms with Gasteiger partial charge in [0.2, 0.25) is 5.91 Å². The molecule has 1 N–H and O–H groups in total. The van der Waals surface area contributed by atoms with Crippen molar-refractivity contribution in [1.82, 2.24) is 24.9 Å². The van der Waals surface area contributed by atoms with Crippen LogP contribution in [0.2, 0.25) is 5.02 Å². The number of nitrogens with zero attached hydrogens (tertiary/aromatic N) is 4. The normalized spacial score (nSPS) is 15.2. The summed E-state index contributed by atoms with van der Waals surface area (Å²) in [6.45, 7) is 7.53. The number of hydrogen-bond donors (Lipinski definition) is 1. The van der Waals surface area contributed by atoms with Crippen molar-refractivity contribution < 1.29 is 9.59 Å². The van der Waals surface area contributed by atoms with Crippen LogP contribution in [0.5, 0.6) is 0 Å². The molecule has 0 bridgehead atoms. The lowest BCUT2D eigenvalue weighted by Crippen LogP contribution is -2.46. The number of hydrogen-bond acceptors (Lipinski definition) is 4. The number of likely N-dealkylation sites (tertiary alicyclic amines) is 1. The van der Waals surface area contributed by atoms with Gasteiger partial charge >= 0.3 is 0 Å². The van der Waals surface area contributed by atoms with Gasteiger partial charge in [-0.25, -0.2) is 0 Å². The Kier molecular flexibility index (Phi) is 7.96. The van der Waals surface area contributed by atoms with E-state index in [0.717, 1.165) is 12.1 Å². The van der Waals surface area contributed by atoms with Crippen LogP contribution in [0.4, 0.5) is 0 Å². The standard InChI is InChI=1S/C24H34ClN5O2/c1-24(2,17-28(3)4)16-26-22(31)18-9-11-29(12-10-18)23(32)20-13-27-30(15-20)14-19-7-5-6-8-21(19)25/h5-8,13,15,18H,9-12,14,16-17H2,1-4H3,(H,26,31). The molecule has 1 aromatic heterocycles. The van der Waals surface area contributed by atoms with Gasteiger partial charge in [0.15, 0.2) is 0 Å². The van der Waals surface area contributed by atoms with E-state index < -0.39 is 0 Å². The molecule has 3 rings (SSSR count). The molecule has 2 aromatic rings. The van der Waals surface area contributed by atoms with Crippen molar-refractivity contribution in [2.45, 2.75) is 33.2 Å². The largest absolute Gasteiger partial charge is 0.355 e. The Morgan fingerprint density at radius 3 is 2.56 bits per heavy atom. The molecule has 174 valence electrons. The Bertz CT molecular complexity index is 932. The van der Waals surface area contributed by atoms with Crippen molar-refractivity contribution in [3.63, 3.8) is 0 Å². The molecule has 0 spiro atoms. The van der Waals surface area contributed by atoms with Gasteiger partial charge in [0.25, 0.3) is 5.91 Å². The molecule has 0 radical (unpaired) electrons. The summed E-state index contributed by atoms with van der Waals surface area (Å²) in [6.07, 6.45) is 4.72. The van der Waals surface area contributed by atoms with Gasteiger partial charge in [0.05, 0.1) is 18.3 Å². The lowest BCUT2D eigenvalue weighted by molar-refractivity contribution is -0.126. The van der Waals surface area contributed by atoms with Crippen LogP contribution in [0.15, 0.2) is 36.7 Å². The smallest absolute Gasteiger partial charge is 0.257 e. The molecule has 1 aromatic carbocycles. The zero-order chi connectivity index (χ0) is 23.3. The summed E-state index contributed by atoms with van der Waals surface area (Å²) in [4.78, 5) is 29.5. The SMILES string of the molecule is CN(C)CC(C)(C)CNC(=O)C1CCN(C(=O)c2cnn(Cc3ccccc3Cl)c2)CC1. The average Bonchev–Trinajstić information content (AvgIpc) is 3.21. The summed E-state index contributed by atoms with van der Waals surface area (Å²) in [6, 6.07) is 7.61. The number of halogens is 1. The minimum absolute atomic E-state index is 0.0139. The number of carbonyl (C=O) groups excluding carboxylic acids is 2. The van der Waals surface area contributed by atoms with E-state index >= 15 is 0 Å². The molecule has 32 heavy (non-hydrogen) atoms. The van der Waals surface area contributed by atoms with Crippen molar-refractivity contribution in [2.24, 2.45) is 11.3 Å². The third kappa shape index (κ3) is 6.56. The minimum atomic E-state index is -0.0443. The lowest BCUT2D eigenvalue weighted by atomic mass is 9.91. The fourth-order valence-corrected chi connectivity index (χ4v) is 4.47. The van der Waals surface area contributed by atoms with Crippen molar-refractivity contribution in [3.8, 4) is 0 Å². The topological polar surface area (TPSA) is 70.5 Å². The van der Waals surface area contributed by atoms with Crippen molar-refractivity contribution >= 4 is 23.4 Å². The summed E-state index contributed by atoms with van der Waals surface area (Å²) < 4.78 is 1.73. The Labute approximate surface area is 195 Å². The van der Waals surface area contributed by atoms with Crippen LogP contribution in [0.3, 0.4) is 0 Å². The number of piperidine rings is 1. The fraction of sp³-hybridized carbons (Fsp3) is 0.542. The van der Waals surface area contributed by atoms with Crippen LogP contribution in [0.25, 0.3) is 0 Å². The number of nitrogens with one attached hydrogen (secondary N) is 1. The molecule has 2 heterocycles. The predicted octanol–water partition coefficient (Wildman–Crippen LogP) is 3.14. The molecule has 1 aliphatic heterocycles. The number of amides is 2. The van der Waals surface area contributed by atoms with Crippen molar-refractivity contribution in [2.75, 3.05) is 40.3 Å². The van der Waals surface area contributed by atoms with Gasteiger partial charge in [-0.3, -0.25) is 14.3 Å². The number of benzene rings is 1. The van der Waals surface area contributed by atoms with Crippen LogP contribution in [-0.2, 0) is 11.3 Å². The van der Waals surface area contributed by atoms with E-state index in [9.17, 15) is 9.59 Å². The molecule has 0 saturated carbocycles.